The van der Waals surface area contributed by atoms with Crippen LogP contribution in [0.25, 0.3) is 11.1 Å². The molecule has 0 saturated heterocycles. The highest BCUT2D eigenvalue weighted by Gasteiger charge is 2.12. The van der Waals surface area contributed by atoms with E-state index in [1.807, 2.05) is 55.5 Å². The summed E-state index contributed by atoms with van der Waals surface area (Å²) < 4.78 is 0. The fourth-order valence-corrected chi connectivity index (χ4v) is 3.40. The first kappa shape index (κ1) is 21.8. The Bertz CT molecular complexity index is 1010. The van der Waals surface area contributed by atoms with Gasteiger partial charge in [0.15, 0.2) is 0 Å². The maximum atomic E-state index is 11.5. The number of carbonyl (C=O) groups is 1. The van der Waals surface area contributed by atoms with E-state index in [9.17, 15) is 15.0 Å². The van der Waals surface area contributed by atoms with Gasteiger partial charge in [0.05, 0.1) is 11.7 Å². The average molecular weight is 425 g/mol. The van der Waals surface area contributed by atoms with Crippen LogP contribution in [0, 0.1) is 0 Å². The number of aromatic carboxylic acids is 1. The van der Waals surface area contributed by atoms with Gasteiger partial charge in [0, 0.05) is 29.8 Å². The molecule has 0 spiro atoms. The van der Waals surface area contributed by atoms with Crippen molar-refractivity contribution in [3.05, 3.63) is 88.9 Å². The van der Waals surface area contributed by atoms with Crippen molar-refractivity contribution in [2.24, 2.45) is 0 Å². The van der Waals surface area contributed by atoms with Gasteiger partial charge in [-0.3, -0.25) is 0 Å². The second-order valence-electron chi connectivity index (χ2n) is 7.19. The van der Waals surface area contributed by atoms with E-state index in [0.29, 0.717) is 23.7 Å². The highest BCUT2D eigenvalue weighted by molar-refractivity contribution is 6.30. The zero-order valence-electron chi connectivity index (χ0n) is 16.7. The molecule has 3 aromatic carbocycles. The average Bonchev–Trinajstić information content (AvgIpc) is 2.76. The van der Waals surface area contributed by atoms with Gasteiger partial charge in [0.1, 0.15) is 0 Å². The van der Waals surface area contributed by atoms with Crippen molar-refractivity contribution in [3.8, 4) is 11.1 Å². The molecular formula is C24H25ClN2O3. The Balaban J connectivity index is 1.57. The van der Waals surface area contributed by atoms with Gasteiger partial charge in [0.25, 0.3) is 0 Å². The number of carboxylic acids is 1. The molecule has 0 bridgehead atoms. The van der Waals surface area contributed by atoms with Crippen LogP contribution in [0.3, 0.4) is 0 Å². The highest BCUT2D eigenvalue weighted by atomic mass is 35.5. The van der Waals surface area contributed by atoms with E-state index >= 15 is 0 Å². The summed E-state index contributed by atoms with van der Waals surface area (Å²) in [5.41, 5.74) is 3.48. The van der Waals surface area contributed by atoms with Crippen molar-refractivity contribution in [1.29, 1.82) is 0 Å². The summed E-state index contributed by atoms with van der Waals surface area (Å²) in [5, 5.41) is 27.0. The Morgan fingerprint density at radius 1 is 1.00 bits per heavy atom. The number of halogens is 1. The fraction of sp³-hybridized carbons (Fsp3) is 0.208. The molecule has 30 heavy (non-hydrogen) atoms. The predicted molar refractivity (Wildman–Crippen MR) is 121 cm³/mol. The Morgan fingerprint density at radius 2 is 1.77 bits per heavy atom. The topological polar surface area (TPSA) is 81.6 Å². The van der Waals surface area contributed by atoms with Gasteiger partial charge in [-0.2, -0.15) is 0 Å². The fourth-order valence-electron chi connectivity index (χ4n) is 3.21. The molecule has 4 N–H and O–H groups in total. The molecule has 0 aromatic heterocycles. The van der Waals surface area contributed by atoms with Crippen LogP contribution in [0.1, 0.15) is 28.9 Å². The van der Waals surface area contributed by atoms with Gasteiger partial charge in [-0.05, 0) is 53.9 Å². The molecule has 0 aliphatic carbocycles. The van der Waals surface area contributed by atoms with Crippen molar-refractivity contribution in [2.45, 2.75) is 19.1 Å². The van der Waals surface area contributed by atoms with Crippen molar-refractivity contribution in [1.82, 2.24) is 5.32 Å². The summed E-state index contributed by atoms with van der Waals surface area (Å²) in [4.78, 5) is 11.5. The normalized spacial score (nSPS) is 12.9. The van der Waals surface area contributed by atoms with Crippen molar-refractivity contribution >= 4 is 23.3 Å². The minimum absolute atomic E-state index is 0.105. The SMILES string of the molecule is CC(CNc1cccc(-c2ccccc2C(=O)O)c1)NCC(O)c1cccc(Cl)c1. The quantitative estimate of drug-likeness (QED) is 0.395. The van der Waals surface area contributed by atoms with E-state index in [1.54, 1.807) is 24.3 Å². The van der Waals surface area contributed by atoms with Gasteiger partial charge in [-0.15, -0.1) is 0 Å². The van der Waals surface area contributed by atoms with Crippen LogP contribution in [-0.4, -0.2) is 35.3 Å². The maximum absolute atomic E-state index is 11.5. The highest BCUT2D eigenvalue weighted by Crippen LogP contribution is 2.26. The molecule has 0 aliphatic rings. The lowest BCUT2D eigenvalue weighted by molar-refractivity contribution is 0.0697. The number of rotatable bonds is 9. The molecule has 0 amide bonds. The number of carboxylic acid groups (broad SMARTS) is 1. The van der Waals surface area contributed by atoms with Crippen LogP contribution in [0.4, 0.5) is 5.69 Å². The van der Waals surface area contributed by atoms with Gasteiger partial charge in [-0.25, -0.2) is 4.79 Å². The third-order valence-corrected chi connectivity index (χ3v) is 5.07. The number of anilines is 1. The Hall–Kier alpha value is -2.86. The Labute approximate surface area is 181 Å². The second-order valence-corrected chi connectivity index (χ2v) is 7.63. The van der Waals surface area contributed by atoms with Gasteiger partial charge in [0.2, 0.25) is 0 Å². The third kappa shape index (κ3) is 5.83. The molecule has 3 aromatic rings. The zero-order chi connectivity index (χ0) is 21.5. The summed E-state index contributed by atoms with van der Waals surface area (Å²) in [6, 6.07) is 22.0. The number of hydrogen-bond donors (Lipinski definition) is 4. The Morgan fingerprint density at radius 3 is 2.53 bits per heavy atom. The zero-order valence-corrected chi connectivity index (χ0v) is 17.4. The molecule has 2 atom stereocenters. The minimum atomic E-state index is -0.944. The monoisotopic (exact) mass is 424 g/mol. The molecular weight excluding hydrogens is 400 g/mol. The lowest BCUT2D eigenvalue weighted by atomic mass is 9.99. The van der Waals surface area contributed by atoms with Crippen molar-refractivity contribution < 1.29 is 15.0 Å². The van der Waals surface area contributed by atoms with E-state index in [1.165, 1.54) is 0 Å². The molecule has 6 heteroatoms. The summed E-state index contributed by atoms with van der Waals surface area (Å²) in [7, 11) is 0. The Kier molecular flexibility index (Phi) is 7.46. The smallest absolute Gasteiger partial charge is 0.336 e. The van der Waals surface area contributed by atoms with E-state index in [4.69, 9.17) is 11.6 Å². The lowest BCUT2D eigenvalue weighted by Crippen LogP contribution is -2.35. The lowest BCUT2D eigenvalue weighted by Gasteiger charge is -2.19. The maximum Gasteiger partial charge on any atom is 0.336 e. The van der Waals surface area contributed by atoms with Gasteiger partial charge >= 0.3 is 5.97 Å². The van der Waals surface area contributed by atoms with E-state index in [0.717, 1.165) is 16.8 Å². The van der Waals surface area contributed by atoms with Crippen molar-refractivity contribution in [2.75, 3.05) is 18.4 Å². The van der Waals surface area contributed by atoms with E-state index in [-0.39, 0.29) is 11.6 Å². The minimum Gasteiger partial charge on any atom is -0.478 e. The summed E-state index contributed by atoms with van der Waals surface area (Å²) >= 11 is 5.98. The molecule has 5 nitrogen and oxygen atoms in total. The molecule has 3 rings (SSSR count). The van der Waals surface area contributed by atoms with Crippen LogP contribution >= 0.6 is 11.6 Å². The number of benzene rings is 3. The van der Waals surface area contributed by atoms with E-state index < -0.39 is 12.1 Å². The summed E-state index contributed by atoms with van der Waals surface area (Å²) in [5.74, 6) is -0.944. The van der Waals surface area contributed by atoms with Crippen LogP contribution in [0.2, 0.25) is 5.02 Å². The number of nitrogens with one attached hydrogen (secondary N) is 2. The third-order valence-electron chi connectivity index (χ3n) is 4.84. The first-order valence-corrected chi connectivity index (χ1v) is 10.2. The standard InChI is InChI=1S/C24H25ClN2O3/c1-16(26-15-23(28)18-7-4-8-19(25)12-18)14-27-20-9-5-6-17(13-20)21-10-2-3-11-22(21)24(29)30/h2-13,16,23,26-28H,14-15H2,1H3,(H,29,30). The first-order valence-electron chi connectivity index (χ1n) is 9.77. The van der Waals surface area contributed by atoms with Crippen LogP contribution in [-0.2, 0) is 0 Å². The molecule has 0 fully saturated rings. The van der Waals surface area contributed by atoms with Gasteiger partial charge in [-0.1, -0.05) is 54.1 Å². The predicted octanol–water partition coefficient (Wildman–Crippen LogP) is 4.83. The summed E-state index contributed by atoms with van der Waals surface area (Å²) in [6.45, 7) is 3.09. The second kappa shape index (κ2) is 10.3. The van der Waals surface area contributed by atoms with Crippen LogP contribution < -0.4 is 10.6 Å². The van der Waals surface area contributed by atoms with E-state index in [2.05, 4.69) is 10.6 Å². The van der Waals surface area contributed by atoms with Gasteiger partial charge < -0.3 is 20.8 Å². The van der Waals surface area contributed by atoms with Crippen LogP contribution in [0.15, 0.2) is 72.8 Å². The molecule has 2 unspecified atom stereocenters. The molecule has 0 saturated carbocycles. The molecule has 156 valence electrons. The number of aliphatic hydroxyl groups excluding tert-OH is 1. The molecule has 0 heterocycles. The van der Waals surface area contributed by atoms with Crippen molar-refractivity contribution in [3.63, 3.8) is 0 Å². The molecule has 0 aliphatic heterocycles. The largest absolute Gasteiger partial charge is 0.478 e. The molecule has 0 radical (unpaired) electrons. The first-order chi connectivity index (χ1) is 14.4. The van der Waals surface area contributed by atoms with Crippen LogP contribution in [0.5, 0.6) is 0 Å². The summed E-state index contributed by atoms with van der Waals surface area (Å²) in [6.07, 6.45) is -0.637. The number of aliphatic hydroxyl groups is 1. The number of hydrogen-bond acceptors (Lipinski definition) is 4.